The van der Waals surface area contributed by atoms with Gasteiger partial charge in [-0.15, -0.1) is 0 Å². The van der Waals surface area contributed by atoms with E-state index < -0.39 is 0 Å². The number of para-hydroxylation sites is 1. The van der Waals surface area contributed by atoms with Crippen LogP contribution in [0.15, 0.2) is 72.9 Å². The van der Waals surface area contributed by atoms with Crippen LogP contribution >= 0.6 is 0 Å². The first-order chi connectivity index (χ1) is 13.2. The summed E-state index contributed by atoms with van der Waals surface area (Å²) in [6.45, 7) is 0.963. The minimum Gasteiger partial charge on any atom is -0.312 e. The van der Waals surface area contributed by atoms with Gasteiger partial charge in [0, 0.05) is 24.7 Å². The van der Waals surface area contributed by atoms with Crippen LogP contribution in [0.4, 0.5) is 11.5 Å². The van der Waals surface area contributed by atoms with Crippen LogP contribution in [0.5, 0.6) is 0 Å². The SMILES string of the molecule is O=C(Nc1ccnn1Cc1ccccc1)C1CC(=O)N(c2ccccc2)C1. The molecule has 6 heteroatoms. The van der Waals surface area contributed by atoms with Crippen LogP contribution in [0.25, 0.3) is 0 Å². The van der Waals surface area contributed by atoms with E-state index in [4.69, 9.17) is 0 Å². The van der Waals surface area contributed by atoms with E-state index in [0.717, 1.165) is 11.3 Å². The van der Waals surface area contributed by atoms with Crippen molar-refractivity contribution in [3.8, 4) is 0 Å². The third-order valence-electron chi connectivity index (χ3n) is 4.71. The Balaban J connectivity index is 1.43. The van der Waals surface area contributed by atoms with Gasteiger partial charge in [0.1, 0.15) is 5.82 Å². The number of nitrogens with zero attached hydrogens (tertiary/aromatic N) is 3. The number of amides is 2. The molecule has 1 fully saturated rings. The molecule has 1 saturated heterocycles. The predicted molar refractivity (Wildman–Crippen MR) is 103 cm³/mol. The lowest BCUT2D eigenvalue weighted by Gasteiger charge is -2.16. The highest BCUT2D eigenvalue weighted by Gasteiger charge is 2.35. The van der Waals surface area contributed by atoms with E-state index in [-0.39, 0.29) is 24.2 Å². The fourth-order valence-corrected chi connectivity index (χ4v) is 3.29. The van der Waals surface area contributed by atoms with Crippen molar-refractivity contribution < 1.29 is 9.59 Å². The van der Waals surface area contributed by atoms with Crippen molar-refractivity contribution in [1.29, 1.82) is 0 Å². The molecule has 0 bridgehead atoms. The zero-order valence-corrected chi connectivity index (χ0v) is 14.8. The summed E-state index contributed by atoms with van der Waals surface area (Å²) in [7, 11) is 0. The molecule has 0 saturated carbocycles. The summed E-state index contributed by atoms with van der Waals surface area (Å²) in [6, 6.07) is 21.1. The summed E-state index contributed by atoms with van der Waals surface area (Å²) in [6.07, 6.45) is 1.88. The largest absolute Gasteiger partial charge is 0.312 e. The summed E-state index contributed by atoms with van der Waals surface area (Å²) >= 11 is 0. The molecule has 27 heavy (non-hydrogen) atoms. The first-order valence-corrected chi connectivity index (χ1v) is 8.93. The monoisotopic (exact) mass is 360 g/mol. The van der Waals surface area contributed by atoms with Gasteiger partial charge in [0.05, 0.1) is 18.7 Å². The van der Waals surface area contributed by atoms with Crippen LogP contribution in [0, 0.1) is 5.92 Å². The number of hydrogen-bond acceptors (Lipinski definition) is 3. The smallest absolute Gasteiger partial charge is 0.230 e. The summed E-state index contributed by atoms with van der Waals surface area (Å²) in [5.74, 6) is 0.0722. The molecule has 136 valence electrons. The zero-order chi connectivity index (χ0) is 18.6. The van der Waals surface area contributed by atoms with E-state index in [1.165, 1.54) is 0 Å². The highest BCUT2D eigenvalue weighted by Crippen LogP contribution is 2.25. The highest BCUT2D eigenvalue weighted by molar-refractivity contribution is 6.03. The van der Waals surface area contributed by atoms with E-state index in [0.29, 0.717) is 18.9 Å². The van der Waals surface area contributed by atoms with E-state index in [1.54, 1.807) is 21.8 Å². The average molecular weight is 360 g/mol. The second kappa shape index (κ2) is 7.45. The van der Waals surface area contributed by atoms with Gasteiger partial charge in [0.25, 0.3) is 0 Å². The lowest BCUT2D eigenvalue weighted by Crippen LogP contribution is -2.28. The van der Waals surface area contributed by atoms with Gasteiger partial charge in [-0.05, 0) is 17.7 Å². The number of anilines is 2. The molecule has 0 radical (unpaired) electrons. The minimum absolute atomic E-state index is 0.0286. The highest BCUT2D eigenvalue weighted by atomic mass is 16.2. The van der Waals surface area contributed by atoms with Crippen molar-refractivity contribution in [3.05, 3.63) is 78.5 Å². The van der Waals surface area contributed by atoms with Crippen molar-refractivity contribution in [2.24, 2.45) is 5.92 Å². The quantitative estimate of drug-likeness (QED) is 0.761. The van der Waals surface area contributed by atoms with Crippen molar-refractivity contribution in [1.82, 2.24) is 9.78 Å². The molecule has 4 rings (SSSR count). The molecule has 1 unspecified atom stereocenters. The van der Waals surface area contributed by atoms with Crippen LogP contribution in [0.1, 0.15) is 12.0 Å². The molecule has 2 amide bonds. The molecular weight excluding hydrogens is 340 g/mol. The maximum absolute atomic E-state index is 12.7. The average Bonchev–Trinajstić information content (AvgIpc) is 3.30. The Hall–Kier alpha value is -3.41. The number of carbonyl (C=O) groups excluding carboxylic acids is 2. The molecule has 1 aromatic heterocycles. The standard InChI is InChI=1S/C21H20N4O2/c26-20-13-17(15-24(20)18-9-5-2-6-10-18)21(27)23-19-11-12-22-25(19)14-16-7-3-1-4-8-16/h1-12,17H,13-15H2,(H,23,27). The molecule has 1 atom stereocenters. The van der Waals surface area contributed by atoms with E-state index in [2.05, 4.69) is 10.4 Å². The van der Waals surface area contributed by atoms with E-state index >= 15 is 0 Å². The third-order valence-corrected chi connectivity index (χ3v) is 4.71. The van der Waals surface area contributed by atoms with E-state index in [1.807, 2.05) is 60.7 Å². The Labute approximate surface area is 157 Å². The van der Waals surface area contributed by atoms with Crippen LogP contribution in [-0.4, -0.2) is 28.1 Å². The third kappa shape index (κ3) is 3.74. The predicted octanol–water partition coefficient (Wildman–Crippen LogP) is 2.92. The van der Waals surface area contributed by atoms with Gasteiger partial charge in [0.2, 0.25) is 11.8 Å². The molecule has 1 aliphatic rings. The Morgan fingerprint density at radius 1 is 1.04 bits per heavy atom. The molecule has 2 aromatic carbocycles. The molecule has 6 nitrogen and oxygen atoms in total. The molecular formula is C21H20N4O2. The Morgan fingerprint density at radius 3 is 2.48 bits per heavy atom. The maximum atomic E-state index is 12.7. The number of aromatic nitrogens is 2. The van der Waals surface area contributed by atoms with Crippen LogP contribution in [-0.2, 0) is 16.1 Å². The van der Waals surface area contributed by atoms with Gasteiger partial charge in [-0.25, -0.2) is 4.68 Å². The summed E-state index contributed by atoms with van der Waals surface area (Å²) < 4.78 is 1.75. The van der Waals surface area contributed by atoms with Gasteiger partial charge in [0.15, 0.2) is 0 Å². The number of nitrogens with one attached hydrogen (secondary N) is 1. The minimum atomic E-state index is -0.377. The number of benzene rings is 2. The zero-order valence-electron chi connectivity index (χ0n) is 14.8. The van der Waals surface area contributed by atoms with Gasteiger partial charge >= 0.3 is 0 Å². The topological polar surface area (TPSA) is 67.2 Å². The lowest BCUT2D eigenvalue weighted by atomic mass is 10.1. The number of rotatable bonds is 5. The summed E-state index contributed by atoms with van der Waals surface area (Å²) in [5, 5.41) is 7.22. The van der Waals surface area contributed by atoms with Gasteiger partial charge < -0.3 is 10.2 Å². The van der Waals surface area contributed by atoms with E-state index in [9.17, 15) is 9.59 Å². The number of hydrogen-bond donors (Lipinski definition) is 1. The molecule has 0 aliphatic carbocycles. The normalized spacial score (nSPS) is 16.5. The molecule has 2 heterocycles. The first-order valence-electron chi connectivity index (χ1n) is 8.93. The number of carbonyl (C=O) groups is 2. The van der Waals surface area contributed by atoms with Crippen molar-refractivity contribution >= 4 is 23.3 Å². The van der Waals surface area contributed by atoms with Crippen LogP contribution < -0.4 is 10.2 Å². The Bertz CT molecular complexity index is 937. The fourth-order valence-electron chi connectivity index (χ4n) is 3.29. The Morgan fingerprint density at radius 2 is 1.74 bits per heavy atom. The van der Waals surface area contributed by atoms with Gasteiger partial charge in [-0.2, -0.15) is 5.10 Å². The van der Waals surface area contributed by atoms with Gasteiger partial charge in [-0.1, -0.05) is 48.5 Å². The molecule has 0 spiro atoms. The summed E-state index contributed by atoms with van der Waals surface area (Å²) in [5.41, 5.74) is 1.93. The maximum Gasteiger partial charge on any atom is 0.230 e. The fraction of sp³-hybridized carbons (Fsp3) is 0.190. The molecule has 3 aromatic rings. The second-order valence-electron chi connectivity index (χ2n) is 6.59. The lowest BCUT2D eigenvalue weighted by molar-refractivity contribution is -0.122. The second-order valence-corrected chi connectivity index (χ2v) is 6.59. The van der Waals surface area contributed by atoms with Crippen LogP contribution in [0.3, 0.4) is 0 Å². The summed E-state index contributed by atoms with van der Waals surface area (Å²) in [4.78, 5) is 26.7. The molecule has 1 aliphatic heterocycles. The molecule has 1 N–H and O–H groups in total. The van der Waals surface area contributed by atoms with Crippen molar-refractivity contribution in [2.75, 3.05) is 16.8 Å². The first kappa shape index (κ1) is 17.0. The van der Waals surface area contributed by atoms with Crippen LogP contribution in [0.2, 0.25) is 0 Å². The Kier molecular flexibility index (Phi) is 4.70. The van der Waals surface area contributed by atoms with Crippen molar-refractivity contribution in [2.45, 2.75) is 13.0 Å². The van der Waals surface area contributed by atoms with Crippen molar-refractivity contribution in [3.63, 3.8) is 0 Å². The van der Waals surface area contributed by atoms with Gasteiger partial charge in [-0.3, -0.25) is 9.59 Å².